The van der Waals surface area contributed by atoms with Crippen molar-refractivity contribution in [2.75, 3.05) is 31.6 Å². The van der Waals surface area contributed by atoms with Crippen LogP contribution in [0, 0.1) is 5.92 Å². The average Bonchev–Trinajstić information content (AvgIpc) is 4.04. The van der Waals surface area contributed by atoms with Crippen molar-refractivity contribution in [1.82, 2.24) is 62.5 Å². The second-order valence-corrected chi connectivity index (χ2v) is 17.1. The third-order valence-corrected chi connectivity index (χ3v) is 11.1. The van der Waals surface area contributed by atoms with E-state index >= 15 is 0 Å². The van der Waals surface area contributed by atoms with E-state index in [1.54, 1.807) is 13.8 Å². The number of carboxylic acid groups (broad SMARTS) is 2. The number of carbonyl (C=O) groups is 10. The molecule has 2 heterocycles. The van der Waals surface area contributed by atoms with Crippen LogP contribution in [0.3, 0.4) is 0 Å². The maximum absolute atomic E-state index is 13.7. The molecule has 0 aliphatic rings. The van der Waals surface area contributed by atoms with Crippen molar-refractivity contribution >= 4 is 76.9 Å². The highest BCUT2D eigenvalue weighted by atomic mass is 32.2. The second-order valence-electron chi connectivity index (χ2n) is 16.1. The molecule has 0 saturated carbocycles. The van der Waals surface area contributed by atoms with Gasteiger partial charge in [0.25, 0.3) is 0 Å². The van der Waals surface area contributed by atoms with Crippen molar-refractivity contribution in [3.8, 4) is 0 Å². The highest BCUT2D eigenvalue weighted by Gasteiger charge is 2.33. The van der Waals surface area contributed by atoms with Gasteiger partial charge in [-0.25, -0.2) is 14.8 Å². The van der Waals surface area contributed by atoms with Crippen LogP contribution in [0.25, 0.3) is 0 Å². The van der Waals surface area contributed by atoms with Gasteiger partial charge in [0.1, 0.15) is 36.3 Å². The number of H-pyrrole nitrogens is 2. The summed E-state index contributed by atoms with van der Waals surface area (Å²) in [6, 6.07) is -8.89. The zero-order chi connectivity index (χ0) is 52.3. The summed E-state index contributed by atoms with van der Waals surface area (Å²) in [5.74, 6) is -9.43. The van der Waals surface area contributed by atoms with Gasteiger partial charge in [-0.3, -0.25) is 48.1 Å². The van der Waals surface area contributed by atoms with E-state index in [2.05, 4.69) is 67.5 Å². The molecule has 388 valence electrons. The number of aromatic amines is 2. The highest BCUT2D eigenvalue weighted by molar-refractivity contribution is 7.98. The SMILES string of the molecule is CCC(C)C(NC(=O)CNC(=O)C(C)NC(=O)C(Cc1cnc[nH]1)NC(=O)C(Cc1cnc[nH]1)NC(=O)C(N)CCSC)C(=O)NC(CCC(=O)O)C(=O)NCC(=O)NC(CCCN=C(N)N)C(=O)O. The topological polar surface area (TPSA) is 455 Å². The first-order chi connectivity index (χ1) is 33.1. The molecule has 0 radical (unpaired) electrons. The molecule has 2 aromatic heterocycles. The van der Waals surface area contributed by atoms with Crippen LogP contribution in [-0.2, 0) is 60.8 Å². The molecule has 2 rings (SSSR count). The first-order valence-electron chi connectivity index (χ1n) is 22.2. The quantitative estimate of drug-likeness (QED) is 0.0181. The first-order valence-corrected chi connectivity index (χ1v) is 23.6. The van der Waals surface area contributed by atoms with E-state index in [1.807, 2.05) is 6.26 Å². The molecule has 28 nitrogen and oxygen atoms in total. The number of nitrogens with two attached hydrogens (primary N) is 3. The Morgan fingerprint density at radius 3 is 1.74 bits per heavy atom. The van der Waals surface area contributed by atoms with Crippen LogP contribution in [0.1, 0.15) is 70.7 Å². The Hall–Kier alpha value is -7.30. The second kappa shape index (κ2) is 31.0. The van der Waals surface area contributed by atoms with Gasteiger partial charge < -0.3 is 79.9 Å². The number of hydrogen-bond donors (Lipinski definition) is 15. The number of carbonyl (C=O) groups excluding carboxylic acids is 8. The average molecular weight is 1010 g/mol. The summed E-state index contributed by atoms with van der Waals surface area (Å²) in [6.07, 6.45) is 7.18. The van der Waals surface area contributed by atoms with E-state index in [-0.39, 0.29) is 38.2 Å². The molecule has 0 aromatic carbocycles. The minimum Gasteiger partial charge on any atom is -0.481 e. The lowest BCUT2D eigenvalue weighted by atomic mass is 9.97. The van der Waals surface area contributed by atoms with E-state index in [9.17, 15) is 58.2 Å². The maximum Gasteiger partial charge on any atom is 0.326 e. The first kappa shape index (κ1) is 58.8. The van der Waals surface area contributed by atoms with E-state index < -0.39 is 133 Å². The standard InChI is InChI=1S/C41H66N16O12S/c1-5-21(2)33(39(67)54-26(8-9-32(60)61)36(64)49-17-30(58)53-27(40(68)69)7-6-11-47-41(43)44)57-31(59)18-48-34(62)22(3)52-37(65)28(13-23-15-45-19-50-23)56-38(66)29(14-24-16-46-20-51-24)55-35(63)25(42)10-12-70-4/h15-16,19-22,25-29,33H,5-14,17-18,42H2,1-4H3,(H,45,50)(H,46,51)(H,48,62)(H,49,64)(H,52,65)(H,53,58)(H,54,67)(H,55,63)(H,56,66)(H,57,59)(H,60,61)(H,68,69)(H4,43,44,47). The molecule has 70 heavy (non-hydrogen) atoms. The van der Waals surface area contributed by atoms with Crippen LogP contribution in [0.4, 0.5) is 0 Å². The molecule has 0 bridgehead atoms. The number of aliphatic carboxylic acids is 2. The van der Waals surface area contributed by atoms with E-state index in [4.69, 9.17) is 17.2 Å². The van der Waals surface area contributed by atoms with Crippen molar-refractivity contribution in [3.63, 3.8) is 0 Å². The zero-order valence-electron chi connectivity index (χ0n) is 39.4. The zero-order valence-corrected chi connectivity index (χ0v) is 40.2. The van der Waals surface area contributed by atoms with Crippen LogP contribution < -0.4 is 59.7 Å². The molecule has 0 spiro atoms. The van der Waals surface area contributed by atoms with Gasteiger partial charge in [-0.15, -0.1) is 0 Å². The molecule has 0 saturated heterocycles. The number of aliphatic imine (C=N–C) groups is 1. The predicted octanol–water partition coefficient (Wildman–Crippen LogP) is -4.79. The highest BCUT2D eigenvalue weighted by Crippen LogP contribution is 2.10. The molecule has 8 unspecified atom stereocenters. The van der Waals surface area contributed by atoms with Crippen molar-refractivity contribution in [1.29, 1.82) is 0 Å². The number of rotatable bonds is 33. The summed E-state index contributed by atoms with van der Waals surface area (Å²) in [7, 11) is 0. The Morgan fingerprint density at radius 2 is 1.23 bits per heavy atom. The van der Waals surface area contributed by atoms with Crippen molar-refractivity contribution in [3.05, 3.63) is 36.4 Å². The van der Waals surface area contributed by atoms with Crippen LogP contribution >= 0.6 is 11.8 Å². The largest absolute Gasteiger partial charge is 0.481 e. The minimum atomic E-state index is -1.52. The number of aromatic nitrogens is 4. The molecule has 8 amide bonds. The molecule has 29 heteroatoms. The van der Waals surface area contributed by atoms with E-state index in [0.29, 0.717) is 30.0 Å². The fourth-order valence-corrected chi connectivity index (χ4v) is 6.79. The molecular formula is C41H66N16O12S. The van der Waals surface area contributed by atoms with E-state index in [0.717, 1.165) is 0 Å². The predicted molar refractivity (Wildman–Crippen MR) is 253 cm³/mol. The summed E-state index contributed by atoms with van der Waals surface area (Å²) in [5, 5.41) is 38.4. The summed E-state index contributed by atoms with van der Waals surface area (Å²) >= 11 is 1.50. The molecular weight excluding hydrogens is 941 g/mol. The lowest BCUT2D eigenvalue weighted by Gasteiger charge is -2.26. The number of amides is 8. The Bertz CT molecular complexity index is 2090. The molecule has 0 aliphatic carbocycles. The van der Waals surface area contributed by atoms with Gasteiger partial charge in [0, 0.05) is 49.6 Å². The van der Waals surface area contributed by atoms with Crippen LogP contribution in [0.2, 0.25) is 0 Å². The number of hydrogen-bond acceptors (Lipinski definition) is 15. The fourth-order valence-electron chi connectivity index (χ4n) is 6.30. The lowest BCUT2D eigenvalue weighted by molar-refractivity contribution is -0.142. The number of guanidine groups is 1. The molecule has 2 aromatic rings. The molecule has 0 aliphatic heterocycles. The van der Waals surface area contributed by atoms with Crippen LogP contribution in [0.15, 0.2) is 30.0 Å². The number of imidazole rings is 2. The van der Waals surface area contributed by atoms with Crippen LogP contribution in [0.5, 0.6) is 0 Å². The van der Waals surface area contributed by atoms with E-state index in [1.165, 1.54) is 43.7 Å². The summed E-state index contributed by atoms with van der Waals surface area (Å²) in [5.41, 5.74) is 17.5. The van der Waals surface area contributed by atoms with Crippen molar-refractivity contribution in [2.45, 2.75) is 114 Å². The van der Waals surface area contributed by atoms with Crippen molar-refractivity contribution < 1.29 is 58.2 Å². The summed E-state index contributed by atoms with van der Waals surface area (Å²) in [6.45, 7) is 3.32. The van der Waals surface area contributed by atoms with Gasteiger partial charge in [-0.1, -0.05) is 20.3 Å². The van der Waals surface area contributed by atoms with Crippen LogP contribution in [-0.4, -0.2) is 169 Å². The van der Waals surface area contributed by atoms with Gasteiger partial charge in [0.15, 0.2) is 5.96 Å². The van der Waals surface area contributed by atoms with Gasteiger partial charge in [0.2, 0.25) is 47.3 Å². The Labute approximate surface area is 407 Å². The van der Waals surface area contributed by atoms with Gasteiger partial charge in [0.05, 0.1) is 31.8 Å². The molecule has 18 N–H and O–H groups in total. The summed E-state index contributed by atoms with van der Waals surface area (Å²) < 4.78 is 0. The normalized spacial score (nSPS) is 14.3. The summed E-state index contributed by atoms with van der Waals surface area (Å²) in [4.78, 5) is 147. The number of nitrogens with one attached hydrogen (secondary N) is 10. The smallest absolute Gasteiger partial charge is 0.326 e. The maximum atomic E-state index is 13.7. The fraction of sp³-hybridized carbons (Fsp3) is 0.585. The number of nitrogens with zero attached hydrogens (tertiary/aromatic N) is 3. The molecule has 0 fully saturated rings. The Morgan fingerprint density at radius 1 is 0.686 bits per heavy atom. The van der Waals surface area contributed by atoms with Crippen molar-refractivity contribution in [2.24, 2.45) is 28.1 Å². The monoisotopic (exact) mass is 1010 g/mol. The lowest BCUT2D eigenvalue weighted by Crippen LogP contribution is -2.59. The van der Waals surface area contributed by atoms with Gasteiger partial charge in [-0.05, 0) is 50.5 Å². The molecule has 8 atom stereocenters. The third kappa shape index (κ3) is 22.2. The number of thioether (sulfide) groups is 1. The Balaban J connectivity index is 2.10. The Kier molecular flexibility index (Phi) is 26.0. The van der Waals surface area contributed by atoms with Gasteiger partial charge in [-0.2, -0.15) is 11.8 Å². The minimum absolute atomic E-state index is 0.0318. The number of carboxylic acids is 2. The van der Waals surface area contributed by atoms with Gasteiger partial charge >= 0.3 is 11.9 Å². The third-order valence-electron chi connectivity index (χ3n) is 10.5.